The highest BCUT2D eigenvalue weighted by Gasteiger charge is 2.40. The molecule has 25 heavy (non-hydrogen) atoms. The summed E-state index contributed by atoms with van der Waals surface area (Å²) in [6, 6.07) is 3.55. The van der Waals surface area contributed by atoms with Gasteiger partial charge in [0.1, 0.15) is 0 Å². The second-order valence-electron chi connectivity index (χ2n) is 6.66. The van der Waals surface area contributed by atoms with Crippen molar-refractivity contribution < 1.29 is 19.4 Å². The maximum absolute atomic E-state index is 12.8. The topological polar surface area (TPSA) is 83.0 Å². The van der Waals surface area contributed by atoms with Gasteiger partial charge in [0.25, 0.3) is 5.91 Å². The molecule has 2 aliphatic rings. The lowest BCUT2D eigenvalue weighted by Crippen LogP contribution is -2.57. The summed E-state index contributed by atoms with van der Waals surface area (Å²) >= 11 is 0. The number of methoxy groups -OCH3 is 1. The van der Waals surface area contributed by atoms with E-state index in [0.29, 0.717) is 49.8 Å². The zero-order valence-electron chi connectivity index (χ0n) is 14.6. The molecule has 0 radical (unpaired) electrons. The van der Waals surface area contributed by atoms with Crippen molar-refractivity contribution in [2.24, 2.45) is 5.92 Å². The highest BCUT2D eigenvalue weighted by molar-refractivity contribution is 5.94. The molecule has 1 aromatic rings. The van der Waals surface area contributed by atoms with Gasteiger partial charge in [-0.05, 0) is 31.2 Å². The van der Waals surface area contributed by atoms with Gasteiger partial charge in [0.15, 0.2) is 0 Å². The van der Waals surface area contributed by atoms with Gasteiger partial charge < -0.3 is 19.6 Å². The predicted octanol–water partition coefficient (Wildman–Crippen LogP) is 0.926. The average Bonchev–Trinajstić information content (AvgIpc) is 2.66. The molecule has 7 nitrogen and oxygen atoms in total. The Kier molecular flexibility index (Phi) is 5.53. The van der Waals surface area contributed by atoms with Gasteiger partial charge in [0.2, 0.25) is 11.8 Å². The SMILES string of the molecule is COc1cc(C(=O)N2CC[C@@H]3[C@@H](CCC(=O)N3CCCO)C2)ccn1. The van der Waals surface area contributed by atoms with Crippen LogP contribution in [0.15, 0.2) is 18.3 Å². The highest BCUT2D eigenvalue weighted by Crippen LogP contribution is 2.32. The average molecular weight is 347 g/mol. The summed E-state index contributed by atoms with van der Waals surface area (Å²) in [7, 11) is 1.53. The van der Waals surface area contributed by atoms with Crippen molar-refractivity contribution in [3.8, 4) is 5.88 Å². The molecule has 0 aliphatic carbocycles. The normalized spacial score (nSPS) is 23.4. The third-order valence-corrected chi connectivity index (χ3v) is 5.18. The number of rotatable bonds is 5. The molecule has 0 spiro atoms. The van der Waals surface area contributed by atoms with E-state index in [-0.39, 0.29) is 24.5 Å². The molecular weight excluding hydrogens is 322 g/mol. The van der Waals surface area contributed by atoms with Crippen molar-refractivity contribution >= 4 is 11.8 Å². The zero-order valence-corrected chi connectivity index (χ0v) is 14.6. The molecule has 2 aliphatic heterocycles. The number of piperidine rings is 2. The monoisotopic (exact) mass is 347 g/mol. The van der Waals surface area contributed by atoms with E-state index in [1.165, 1.54) is 7.11 Å². The van der Waals surface area contributed by atoms with Gasteiger partial charge in [-0.2, -0.15) is 0 Å². The van der Waals surface area contributed by atoms with Crippen molar-refractivity contribution in [2.75, 3.05) is 33.4 Å². The van der Waals surface area contributed by atoms with Gasteiger partial charge in [-0.25, -0.2) is 4.98 Å². The number of ether oxygens (including phenoxy) is 1. The number of fused-ring (bicyclic) bond motifs is 1. The van der Waals surface area contributed by atoms with E-state index in [2.05, 4.69) is 4.98 Å². The molecule has 136 valence electrons. The second-order valence-corrected chi connectivity index (χ2v) is 6.66. The molecule has 2 atom stereocenters. The summed E-state index contributed by atoms with van der Waals surface area (Å²) in [4.78, 5) is 32.8. The third kappa shape index (κ3) is 3.76. The third-order valence-electron chi connectivity index (χ3n) is 5.18. The molecule has 2 amide bonds. The van der Waals surface area contributed by atoms with Crippen molar-refractivity contribution in [2.45, 2.75) is 31.7 Å². The number of aliphatic hydroxyl groups excluding tert-OH is 1. The van der Waals surface area contributed by atoms with Crippen molar-refractivity contribution in [3.63, 3.8) is 0 Å². The minimum atomic E-state index is -0.0158. The zero-order chi connectivity index (χ0) is 17.8. The summed E-state index contributed by atoms with van der Waals surface area (Å²) in [5, 5.41) is 9.06. The molecule has 0 aromatic carbocycles. The van der Waals surface area contributed by atoms with Crippen LogP contribution in [-0.2, 0) is 4.79 Å². The molecule has 3 rings (SSSR count). The van der Waals surface area contributed by atoms with E-state index in [0.717, 1.165) is 12.8 Å². The van der Waals surface area contributed by atoms with Crippen molar-refractivity contribution in [1.82, 2.24) is 14.8 Å². The number of aromatic nitrogens is 1. The second kappa shape index (κ2) is 7.82. The number of pyridine rings is 1. The lowest BCUT2D eigenvalue weighted by molar-refractivity contribution is -0.140. The van der Waals surface area contributed by atoms with Gasteiger partial charge in [-0.3, -0.25) is 9.59 Å². The van der Waals surface area contributed by atoms with Gasteiger partial charge in [-0.15, -0.1) is 0 Å². The Morgan fingerprint density at radius 1 is 1.44 bits per heavy atom. The van der Waals surface area contributed by atoms with Crippen LogP contribution in [0.25, 0.3) is 0 Å². The van der Waals surface area contributed by atoms with Gasteiger partial charge in [-0.1, -0.05) is 0 Å². The molecule has 3 heterocycles. The molecular formula is C18H25N3O4. The summed E-state index contributed by atoms with van der Waals surface area (Å²) in [5.74, 6) is 0.892. The van der Waals surface area contributed by atoms with Crippen LogP contribution in [0.4, 0.5) is 0 Å². The first kappa shape index (κ1) is 17.7. The maximum Gasteiger partial charge on any atom is 0.254 e. The Hall–Kier alpha value is -2.15. The van der Waals surface area contributed by atoms with Gasteiger partial charge >= 0.3 is 0 Å². The number of hydrogen-bond donors (Lipinski definition) is 1. The first-order chi connectivity index (χ1) is 12.1. The Bertz CT molecular complexity index is 637. The summed E-state index contributed by atoms with van der Waals surface area (Å²) in [6.45, 7) is 1.99. The van der Waals surface area contributed by atoms with Crippen LogP contribution in [0.2, 0.25) is 0 Å². The van der Waals surface area contributed by atoms with E-state index < -0.39 is 0 Å². The van der Waals surface area contributed by atoms with Gasteiger partial charge in [0, 0.05) is 56.5 Å². The number of likely N-dealkylation sites (tertiary alicyclic amines) is 2. The number of carbonyl (C=O) groups excluding carboxylic acids is 2. The number of carbonyl (C=O) groups is 2. The van der Waals surface area contributed by atoms with Crippen molar-refractivity contribution in [3.05, 3.63) is 23.9 Å². The quantitative estimate of drug-likeness (QED) is 0.857. The lowest BCUT2D eigenvalue weighted by atomic mass is 9.83. The van der Waals surface area contributed by atoms with Crippen LogP contribution >= 0.6 is 0 Å². The van der Waals surface area contributed by atoms with E-state index in [1.807, 2.05) is 9.80 Å². The number of nitrogens with zero attached hydrogens (tertiary/aromatic N) is 3. The van der Waals surface area contributed by atoms with Crippen LogP contribution in [0.5, 0.6) is 5.88 Å². The van der Waals surface area contributed by atoms with Crippen LogP contribution in [0.1, 0.15) is 36.0 Å². The Morgan fingerprint density at radius 3 is 3.04 bits per heavy atom. The fraction of sp³-hybridized carbons (Fsp3) is 0.611. The molecule has 1 aromatic heterocycles. The van der Waals surface area contributed by atoms with Gasteiger partial charge in [0.05, 0.1) is 7.11 Å². The number of aliphatic hydroxyl groups is 1. The van der Waals surface area contributed by atoms with E-state index in [9.17, 15) is 9.59 Å². The summed E-state index contributed by atoms with van der Waals surface area (Å²) in [5.41, 5.74) is 0.578. The highest BCUT2D eigenvalue weighted by atomic mass is 16.5. The molecule has 0 unspecified atom stereocenters. The molecule has 2 fully saturated rings. The predicted molar refractivity (Wildman–Crippen MR) is 91.2 cm³/mol. The molecule has 0 bridgehead atoms. The maximum atomic E-state index is 12.8. The largest absolute Gasteiger partial charge is 0.481 e. The summed E-state index contributed by atoms with van der Waals surface area (Å²) < 4.78 is 5.10. The fourth-order valence-corrected chi connectivity index (χ4v) is 3.90. The molecule has 0 saturated carbocycles. The smallest absolute Gasteiger partial charge is 0.254 e. The lowest BCUT2D eigenvalue weighted by Gasteiger charge is -2.47. The van der Waals surface area contributed by atoms with Crippen molar-refractivity contribution in [1.29, 1.82) is 0 Å². The Labute approximate surface area is 147 Å². The van der Waals surface area contributed by atoms with E-state index in [1.54, 1.807) is 18.3 Å². The first-order valence-electron chi connectivity index (χ1n) is 8.83. The number of hydrogen-bond acceptors (Lipinski definition) is 5. The number of amides is 2. The first-order valence-corrected chi connectivity index (χ1v) is 8.83. The minimum Gasteiger partial charge on any atom is -0.481 e. The van der Waals surface area contributed by atoms with Crippen LogP contribution in [0.3, 0.4) is 0 Å². The molecule has 2 saturated heterocycles. The molecule has 7 heteroatoms. The fourth-order valence-electron chi connectivity index (χ4n) is 3.90. The minimum absolute atomic E-state index is 0.0158. The summed E-state index contributed by atoms with van der Waals surface area (Å²) in [6.07, 6.45) is 4.32. The Morgan fingerprint density at radius 2 is 2.28 bits per heavy atom. The van der Waals surface area contributed by atoms with Crippen LogP contribution < -0.4 is 4.74 Å². The van der Waals surface area contributed by atoms with Crippen LogP contribution in [0, 0.1) is 5.92 Å². The van der Waals surface area contributed by atoms with Crippen LogP contribution in [-0.4, -0.2) is 71.1 Å². The van der Waals surface area contributed by atoms with E-state index in [4.69, 9.17) is 9.84 Å². The van der Waals surface area contributed by atoms with E-state index >= 15 is 0 Å². The standard InChI is InChI=1S/C18H25N3O4/c1-25-16-11-13(5-7-19-16)18(24)20-9-6-15-14(12-20)3-4-17(23)21(15)8-2-10-22/h5,7,11,14-15,22H,2-4,6,8-10,12H2,1H3/t14-,15+/m0/s1. The molecule has 1 N–H and O–H groups in total. The Balaban J connectivity index is 1.68.